The van der Waals surface area contributed by atoms with Crippen molar-refractivity contribution in [2.45, 2.75) is 35.1 Å². The number of nitrogens with zero attached hydrogens (tertiary/aromatic N) is 2. The molecule has 2 aromatic carbocycles. The molecule has 0 spiro atoms. The number of benzene rings is 2. The van der Waals surface area contributed by atoms with Crippen LogP contribution in [0.25, 0.3) is 10.2 Å². The molecule has 0 saturated heterocycles. The Hall–Kier alpha value is -2.57. The van der Waals surface area contributed by atoms with Crippen molar-refractivity contribution in [3.8, 4) is 11.5 Å². The maximum atomic E-state index is 10.1. The molecule has 0 radical (unpaired) electrons. The summed E-state index contributed by atoms with van der Waals surface area (Å²) in [6.45, 7) is 0. The van der Waals surface area contributed by atoms with E-state index < -0.39 is 0 Å². The number of thiophene rings is 1. The number of phenols is 2. The first kappa shape index (κ1) is 17.5. The summed E-state index contributed by atoms with van der Waals surface area (Å²) in [5, 5.41) is 21.7. The molecule has 1 unspecified atom stereocenters. The summed E-state index contributed by atoms with van der Waals surface area (Å²) < 4.78 is 0. The SMILES string of the molecule is Oc1ccc(C2CCc3c(sc4ncnc(Sc5ccccc5O)c34)C2)cc1. The Balaban J connectivity index is 1.51. The molecule has 1 atom stereocenters. The number of hydrogen-bond acceptors (Lipinski definition) is 6. The van der Waals surface area contributed by atoms with Gasteiger partial charge in [0.05, 0.1) is 4.90 Å². The Labute approximate surface area is 170 Å². The largest absolute Gasteiger partial charge is 0.508 e. The first-order valence-corrected chi connectivity index (χ1v) is 10.8. The van der Waals surface area contributed by atoms with Gasteiger partial charge in [0.2, 0.25) is 0 Å². The molecule has 1 aliphatic rings. The van der Waals surface area contributed by atoms with Gasteiger partial charge >= 0.3 is 0 Å². The summed E-state index contributed by atoms with van der Waals surface area (Å²) in [5.41, 5.74) is 2.63. The van der Waals surface area contributed by atoms with Gasteiger partial charge in [-0.2, -0.15) is 0 Å². The maximum absolute atomic E-state index is 10.1. The quantitative estimate of drug-likeness (QED) is 0.438. The molecule has 5 rings (SSSR count). The predicted molar refractivity (Wildman–Crippen MR) is 113 cm³/mol. The van der Waals surface area contributed by atoms with Gasteiger partial charge in [-0.25, -0.2) is 9.97 Å². The number of phenolic OH excluding ortho intramolecular Hbond substituents is 2. The summed E-state index contributed by atoms with van der Waals surface area (Å²) in [6.07, 6.45) is 4.66. The minimum atomic E-state index is 0.274. The first-order chi connectivity index (χ1) is 13.7. The molecule has 4 nitrogen and oxygen atoms in total. The second kappa shape index (κ2) is 7.11. The van der Waals surface area contributed by atoms with Crippen LogP contribution in [0, 0.1) is 0 Å². The van der Waals surface area contributed by atoms with Gasteiger partial charge in [0, 0.05) is 10.3 Å². The highest BCUT2D eigenvalue weighted by Gasteiger charge is 2.26. The van der Waals surface area contributed by atoms with Crippen LogP contribution in [-0.2, 0) is 12.8 Å². The highest BCUT2D eigenvalue weighted by atomic mass is 32.2. The number of hydrogen-bond donors (Lipinski definition) is 2. The van der Waals surface area contributed by atoms with Crippen LogP contribution >= 0.6 is 23.1 Å². The molecule has 2 N–H and O–H groups in total. The minimum absolute atomic E-state index is 0.274. The molecule has 0 bridgehead atoms. The molecule has 0 aliphatic heterocycles. The zero-order valence-electron chi connectivity index (χ0n) is 15.0. The fourth-order valence-corrected chi connectivity index (χ4v) is 6.12. The van der Waals surface area contributed by atoms with E-state index in [0.29, 0.717) is 11.7 Å². The van der Waals surface area contributed by atoms with Crippen LogP contribution in [-0.4, -0.2) is 20.2 Å². The van der Waals surface area contributed by atoms with E-state index in [4.69, 9.17) is 0 Å². The number of rotatable bonds is 3. The van der Waals surface area contributed by atoms with Crippen LogP contribution in [0.15, 0.2) is 64.8 Å². The second-order valence-corrected chi connectivity index (χ2v) is 9.08. The third-order valence-corrected chi connectivity index (χ3v) is 7.48. The lowest BCUT2D eigenvalue weighted by Crippen LogP contribution is -2.10. The average molecular weight is 407 g/mol. The highest BCUT2D eigenvalue weighted by Crippen LogP contribution is 2.45. The molecule has 1 aliphatic carbocycles. The number of para-hydroxylation sites is 1. The van der Waals surface area contributed by atoms with Crippen LogP contribution in [0.4, 0.5) is 0 Å². The van der Waals surface area contributed by atoms with E-state index in [1.165, 1.54) is 27.8 Å². The summed E-state index contributed by atoms with van der Waals surface area (Å²) in [6, 6.07) is 14.9. The zero-order valence-corrected chi connectivity index (χ0v) is 16.6. The van der Waals surface area contributed by atoms with Gasteiger partial charge in [0.25, 0.3) is 0 Å². The van der Waals surface area contributed by atoms with Crippen molar-refractivity contribution >= 4 is 33.3 Å². The Kier molecular flexibility index (Phi) is 4.45. The monoisotopic (exact) mass is 406 g/mol. The third kappa shape index (κ3) is 3.12. The van der Waals surface area contributed by atoms with Gasteiger partial charge in [-0.05, 0) is 60.6 Å². The van der Waals surface area contributed by atoms with Crippen molar-refractivity contribution in [3.63, 3.8) is 0 Å². The normalized spacial score (nSPS) is 16.2. The number of aryl methyl sites for hydroxylation is 1. The first-order valence-electron chi connectivity index (χ1n) is 9.19. The van der Waals surface area contributed by atoms with E-state index >= 15 is 0 Å². The minimum Gasteiger partial charge on any atom is -0.508 e. The van der Waals surface area contributed by atoms with Crippen LogP contribution < -0.4 is 0 Å². The summed E-state index contributed by atoms with van der Waals surface area (Å²) in [4.78, 5) is 12.2. The number of fused-ring (bicyclic) bond motifs is 3. The van der Waals surface area contributed by atoms with Gasteiger partial charge < -0.3 is 10.2 Å². The molecular weight excluding hydrogens is 388 g/mol. The second-order valence-electron chi connectivity index (χ2n) is 6.96. The van der Waals surface area contributed by atoms with Crippen molar-refractivity contribution < 1.29 is 10.2 Å². The molecule has 2 heterocycles. The lowest BCUT2D eigenvalue weighted by Gasteiger charge is -2.22. The Morgan fingerprint density at radius 2 is 1.82 bits per heavy atom. The topological polar surface area (TPSA) is 66.2 Å². The summed E-state index contributed by atoms with van der Waals surface area (Å²) in [5.74, 6) is 1.04. The van der Waals surface area contributed by atoms with Crippen LogP contribution in [0.2, 0.25) is 0 Å². The van der Waals surface area contributed by atoms with Crippen molar-refractivity contribution in [3.05, 3.63) is 70.9 Å². The summed E-state index contributed by atoms with van der Waals surface area (Å²) in [7, 11) is 0. The molecule has 140 valence electrons. The van der Waals surface area contributed by atoms with Crippen molar-refractivity contribution in [1.29, 1.82) is 0 Å². The third-order valence-electron chi connectivity index (χ3n) is 5.25. The summed E-state index contributed by atoms with van der Waals surface area (Å²) >= 11 is 3.25. The Bertz CT molecular complexity index is 1160. The lowest BCUT2D eigenvalue weighted by molar-refractivity contribution is 0.462. The van der Waals surface area contributed by atoms with E-state index in [1.807, 2.05) is 30.3 Å². The van der Waals surface area contributed by atoms with Gasteiger partial charge in [-0.1, -0.05) is 36.0 Å². The fourth-order valence-electron chi connectivity index (χ4n) is 3.84. The highest BCUT2D eigenvalue weighted by molar-refractivity contribution is 7.99. The standard InChI is InChI=1S/C22H18N2O2S2/c25-15-8-5-13(6-9-15)14-7-10-16-19(11-14)28-22-20(16)21(23-12-24-22)27-18-4-2-1-3-17(18)26/h1-6,8-9,12,14,25-26H,7,10-11H2. The molecule has 0 saturated carbocycles. The predicted octanol–water partition coefficient (Wildman–Crippen LogP) is 5.53. The van der Waals surface area contributed by atoms with E-state index in [0.717, 1.165) is 39.4 Å². The van der Waals surface area contributed by atoms with Crippen LogP contribution in [0.1, 0.15) is 28.3 Å². The molecule has 0 fully saturated rings. The van der Waals surface area contributed by atoms with Crippen molar-refractivity contribution in [2.24, 2.45) is 0 Å². The molecular formula is C22H18N2O2S2. The van der Waals surface area contributed by atoms with E-state index in [9.17, 15) is 10.2 Å². The molecule has 2 aromatic heterocycles. The molecule has 28 heavy (non-hydrogen) atoms. The fraction of sp³-hybridized carbons (Fsp3) is 0.182. The van der Waals surface area contributed by atoms with E-state index in [2.05, 4.69) is 9.97 Å². The van der Waals surface area contributed by atoms with Crippen LogP contribution in [0.5, 0.6) is 11.5 Å². The molecule has 6 heteroatoms. The van der Waals surface area contributed by atoms with Crippen LogP contribution in [0.3, 0.4) is 0 Å². The van der Waals surface area contributed by atoms with Crippen molar-refractivity contribution in [2.75, 3.05) is 0 Å². The van der Waals surface area contributed by atoms with Crippen molar-refractivity contribution in [1.82, 2.24) is 9.97 Å². The van der Waals surface area contributed by atoms with E-state index in [1.54, 1.807) is 35.9 Å². The number of aromatic hydroxyl groups is 2. The zero-order chi connectivity index (χ0) is 19.1. The van der Waals surface area contributed by atoms with E-state index in [-0.39, 0.29) is 5.75 Å². The van der Waals surface area contributed by atoms with Gasteiger partial charge in [0.15, 0.2) is 0 Å². The maximum Gasteiger partial charge on any atom is 0.129 e. The van der Waals surface area contributed by atoms with Gasteiger partial charge in [0.1, 0.15) is 27.7 Å². The molecule has 4 aromatic rings. The average Bonchev–Trinajstić information content (AvgIpc) is 3.09. The Morgan fingerprint density at radius 3 is 2.64 bits per heavy atom. The Morgan fingerprint density at radius 1 is 1.00 bits per heavy atom. The smallest absolute Gasteiger partial charge is 0.129 e. The van der Waals surface area contributed by atoms with Gasteiger partial charge in [-0.3, -0.25) is 0 Å². The number of aromatic nitrogens is 2. The lowest BCUT2D eigenvalue weighted by atomic mass is 9.83. The van der Waals surface area contributed by atoms with Gasteiger partial charge in [-0.15, -0.1) is 11.3 Å². The molecule has 0 amide bonds.